The first kappa shape index (κ1) is 27.8. The number of aromatic nitrogens is 1. The van der Waals surface area contributed by atoms with Gasteiger partial charge in [-0.2, -0.15) is 0 Å². The molecule has 220 valence electrons. The monoisotopic (exact) mass is 563 g/mol. The molecular weight excluding hydrogens is 522 g/mol. The minimum absolute atomic E-state index is 0.0364. The van der Waals surface area contributed by atoms with Crippen molar-refractivity contribution in [2.24, 2.45) is 11.8 Å². The second-order valence-corrected chi connectivity index (χ2v) is 12.3. The number of amides is 2. The van der Waals surface area contributed by atoms with Crippen LogP contribution < -0.4 is 10.1 Å². The Morgan fingerprint density at radius 3 is 2.51 bits per heavy atom. The van der Waals surface area contributed by atoms with Crippen molar-refractivity contribution in [3.05, 3.63) is 36.0 Å². The fraction of sp³-hybridized carbons (Fsp3) is 0.625. The van der Waals surface area contributed by atoms with E-state index in [9.17, 15) is 19.5 Å². The van der Waals surface area contributed by atoms with E-state index in [1.165, 1.54) is 4.90 Å². The number of carboxylic acids is 1. The van der Waals surface area contributed by atoms with Gasteiger partial charge in [0, 0.05) is 11.8 Å². The summed E-state index contributed by atoms with van der Waals surface area (Å²) in [6.45, 7) is 0.146. The number of hydrogen-bond acceptors (Lipinski definition) is 6. The van der Waals surface area contributed by atoms with Gasteiger partial charge in [0.15, 0.2) is 0 Å². The summed E-state index contributed by atoms with van der Waals surface area (Å²) in [4.78, 5) is 45.9. The van der Waals surface area contributed by atoms with Gasteiger partial charge >= 0.3 is 12.1 Å². The molecule has 1 aromatic carbocycles. The van der Waals surface area contributed by atoms with Crippen LogP contribution in [0.2, 0.25) is 0 Å². The molecule has 2 aliphatic carbocycles. The van der Waals surface area contributed by atoms with Crippen LogP contribution >= 0.6 is 0 Å². The number of aliphatic carboxylic acids is 1. The van der Waals surface area contributed by atoms with Gasteiger partial charge < -0.3 is 24.8 Å². The van der Waals surface area contributed by atoms with Gasteiger partial charge in [0.25, 0.3) is 0 Å². The van der Waals surface area contributed by atoms with Crippen LogP contribution in [0.15, 0.2) is 30.3 Å². The van der Waals surface area contributed by atoms with Crippen LogP contribution in [0.4, 0.5) is 4.79 Å². The second kappa shape index (κ2) is 12.2. The third-order valence-corrected chi connectivity index (χ3v) is 9.63. The van der Waals surface area contributed by atoms with Crippen molar-refractivity contribution in [1.29, 1.82) is 0 Å². The number of nitrogens with one attached hydrogen (secondary N) is 1. The Bertz CT molecular complexity index is 1280. The van der Waals surface area contributed by atoms with E-state index < -0.39 is 30.3 Å². The Hall–Kier alpha value is -3.36. The van der Waals surface area contributed by atoms with Gasteiger partial charge in [0.05, 0.1) is 17.8 Å². The van der Waals surface area contributed by atoms with Gasteiger partial charge in [-0.25, -0.2) is 14.6 Å². The van der Waals surface area contributed by atoms with Crippen LogP contribution in [0.1, 0.15) is 82.7 Å². The van der Waals surface area contributed by atoms with Crippen molar-refractivity contribution in [2.45, 2.75) is 108 Å². The van der Waals surface area contributed by atoms with Gasteiger partial charge in [0.2, 0.25) is 5.91 Å². The largest absolute Gasteiger partial charge is 0.487 e. The predicted molar refractivity (Wildman–Crippen MR) is 153 cm³/mol. The molecule has 6 rings (SSSR count). The molecular formula is C32H41N3O6. The van der Waals surface area contributed by atoms with Gasteiger partial charge in [0.1, 0.15) is 30.0 Å². The summed E-state index contributed by atoms with van der Waals surface area (Å²) >= 11 is 0. The lowest BCUT2D eigenvalue weighted by molar-refractivity contribution is -0.149. The van der Waals surface area contributed by atoms with E-state index in [2.05, 4.69) is 5.32 Å². The van der Waals surface area contributed by atoms with Crippen LogP contribution in [-0.2, 0) is 20.7 Å². The Balaban J connectivity index is 1.32. The number of para-hydroxylation sites is 1. The summed E-state index contributed by atoms with van der Waals surface area (Å²) in [6, 6.07) is 8.10. The summed E-state index contributed by atoms with van der Waals surface area (Å²) in [5.41, 5.74) is 1.78. The Morgan fingerprint density at radius 2 is 1.68 bits per heavy atom. The highest BCUT2D eigenvalue weighted by atomic mass is 16.6. The van der Waals surface area contributed by atoms with E-state index in [1.54, 1.807) is 0 Å². The molecule has 1 saturated heterocycles. The topological polar surface area (TPSA) is 118 Å². The maximum Gasteiger partial charge on any atom is 0.408 e. The van der Waals surface area contributed by atoms with Crippen LogP contribution in [0, 0.1) is 11.8 Å². The zero-order valence-corrected chi connectivity index (χ0v) is 23.6. The fourth-order valence-corrected chi connectivity index (χ4v) is 7.47. The smallest absolute Gasteiger partial charge is 0.408 e. The summed E-state index contributed by atoms with van der Waals surface area (Å²) in [7, 11) is 0. The molecule has 0 radical (unpaired) electrons. The van der Waals surface area contributed by atoms with Crippen molar-refractivity contribution in [3.63, 3.8) is 0 Å². The average molecular weight is 564 g/mol. The molecule has 0 spiro atoms. The molecule has 9 nitrogen and oxygen atoms in total. The van der Waals surface area contributed by atoms with Crippen LogP contribution in [0.25, 0.3) is 10.9 Å². The maximum atomic E-state index is 14.0. The molecule has 3 fully saturated rings. The molecule has 2 aromatic rings. The number of aryl methyl sites for hydroxylation is 1. The molecule has 41 heavy (non-hydrogen) atoms. The van der Waals surface area contributed by atoms with Gasteiger partial charge in [-0.15, -0.1) is 0 Å². The van der Waals surface area contributed by atoms with E-state index >= 15 is 0 Å². The molecule has 0 unspecified atom stereocenters. The third kappa shape index (κ3) is 6.14. The molecule has 5 atom stereocenters. The quantitative estimate of drug-likeness (QED) is 0.513. The highest BCUT2D eigenvalue weighted by Gasteiger charge is 2.46. The van der Waals surface area contributed by atoms with E-state index in [4.69, 9.17) is 14.5 Å². The third-order valence-electron chi connectivity index (χ3n) is 9.63. The summed E-state index contributed by atoms with van der Waals surface area (Å²) in [5, 5.41) is 14.0. The van der Waals surface area contributed by atoms with Crippen molar-refractivity contribution in [2.75, 3.05) is 6.54 Å². The first-order valence-corrected chi connectivity index (χ1v) is 15.5. The van der Waals surface area contributed by atoms with Gasteiger partial charge in [-0.3, -0.25) is 4.79 Å². The molecule has 4 aliphatic rings. The van der Waals surface area contributed by atoms with E-state index in [1.807, 2.05) is 30.3 Å². The molecule has 2 amide bonds. The highest BCUT2D eigenvalue weighted by molar-refractivity contribution is 5.90. The number of benzene rings is 1. The molecule has 2 saturated carbocycles. The first-order chi connectivity index (χ1) is 20.0. The molecule has 2 aliphatic heterocycles. The lowest BCUT2D eigenvalue weighted by atomic mass is 9.96. The normalized spacial score (nSPS) is 30.0. The number of hydrogen-bond donors (Lipinski definition) is 2. The van der Waals surface area contributed by atoms with E-state index in [0.29, 0.717) is 11.7 Å². The number of fused-ring (bicyclic) bond motifs is 5. The van der Waals surface area contributed by atoms with E-state index in [-0.39, 0.29) is 30.9 Å². The number of carboxylic acid groups (broad SMARTS) is 1. The number of ether oxygens (including phenoxy) is 2. The average Bonchev–Trinajstić information content (AvgIpc) is 3.73. The molecule has 1 aromatic heterocycles. The standard InChI is InChI=1S/C32H41N3O6/c36-30-29(21-10-4-5-11-21)34-32(39)41-27-16-8-13-20(27)9-2-1-3-15-25-28(17-22-12-6-7-14-24(22)33-25)40-23-18-26(31(37)38)35(30)19-23/h6-7,12,14,17,20-21,23,26-27,29H,1-5,8-11,13,15-16,18-19H2,(H,34,39)(H,37,38)/t20-,23+,26-,27-,29-/m0/s1. The predicted octanol–water partition coefficient (Wildman–Crippen LogP) is 5.24. The molecule has 2 N–H and O–H groups in total. The summed E-state index contributed by atoms with van der Waals surface area (Å²) in [5.74, 6) is -0.459. The number of carbonyl (C=O) groups is 3. The number of rotatable bonds is 2. The van der Waals surface area contributed by atoms with E-state index in [0.717, 1.165) is 93.6 Å². The lowest BCUT2D eigenvalue weighted by Gasteiger charge is -2.31. The second-order valence-electron chi connectivity index (χ2n) is 12.3. The number of pyridine rings is 1. The first-order valence-electron chi connectivity index (χ1n) is 15.5. The fourth-order valence-electron chi connectivity index (χ4n) is 7.47. The Labute approximate surface area is 241 Å². The number of carbonyl (C=O) groups excluding carboxylic acids is 2. The summed E-state index contributed by atoms with van der Waals surface area (Å²) in [6.07, 6.45) is 10.3. The van der Waals surface area contributed by atoms with Crippen LogP contribution in [0.3, 0.4) is 0 Å². The van der Waals surface area contributed by atoms with Gasteiger partial charge in [-0.1, -0.05) is 43.9 Å². The highest BCUT2D eigenvalue weighted by Crippen LogP contribution is 2.35. The van der Waals surface area contributed by atoms with Crippen LogP contribution in [-0.4, -0.2) is 63.8 Å². The lowest BCUT2D eigenvalue weighted by Crippen LogP contribution is -2.55. The summed E-state index contributed by atoms with van der Waals surface area (Å²) < 4.78 is 12.4. The minimum atomic E-state index is -1.06. The van der Waals surface area contributed by atoms with Crippen molar-refractivity contribution in [1.82, 2.24) is 15.2 Å². The van der Waals surface area contributed by atoms with Crippen molar-refractivity contribution < 1.29 is 29.0 Å². The zero-order valence-electron chi connectivity index (χ0n) is 23.6. The molecule has 9 heteroatoms. The zero-order chi connectivity index (χ0) is 28.3. The molecule has 2 bridgehead atoms. The Morgan fingerprint density at radius 1 is 0.927 bits per heavy atom. The van der Waals surface area contributed by atoms with Gasteiger partial charge in [-0.05, 0) is 75.3 Å². The van der Waals surface area contributed by atoms with Crippen molar-refractivity contribution >= 4 is 28.9 Å². The van der Waals surface area contributed by atoms with Crippen LogP contribution in [0.5, 0.6) is 5.75 Å². The number of nitrogens with zero attached hydrogens (tertiary/aromatic N) is 2. The molecule has 3 heterocycles. The Kier molecular flexibility index (Phi) is 8.30. The SMILES string of the molecule is O=C1N[C@@H](C2CCCC2)C(=O)N2C[C@@H](C[C@H]2C(=O)O)Oc2cc3ccccc3nc2CCCCC[C@H]2CCC[C@@H]2O1. The number of alkyl carbamates (subject to hydrolysis) is 1. The van der Waals surface area contributed by atoms with Crippen molar-refractivity contribution in [3.8, 4) is 5.75 Å². The minimum Gasteiger partial charge on any atom is -0.487 e. The maximum absolute atomic E-state index is 14.0.